The highest BCUT2D eigenvalue weighted by Crippen LogP contribution is 2.36. The van der Waals surface area contributed by atoms with Gasteiger partial charge in [-0.15, -0.1) is 0 Å². The highest BCUT2D eigenvalue weighted by Gasteiger charge is 2.15. The van der Waals surface area contributed by atoms with E-state index in [0.717, 1.165) is 30.6 Å². The third kappa shape index (κ3) is 4.63. The molecule has 0 spiro atoms. The predicted octanol–water partition coefficient (Wildman–Crippen LogP) is 3.23. The van der Waals surface area contributed by atoms with Crippen LogP contribution in [0, 0.1) is 0 Å². The van der Waals surface area contributed by atoms with E-state index in [4.69, 9.17) is 27.9 Å². The SMILES string of the molecule is CN(C)C(=O)CCCNCC1=Cc2cc(Cl)cc(Cl)c2OC1. The molecule has 22 heavy (non-hydrogen) atoms. The maximum absolute atomic E-state index is 11.5. The van der Waals surface area contributed by atoms with Crippen LogP contribution in [0.25, 0.3) is 6.08 Å². The standard InChI is InChI=1S/C16H20Cl2N2O2/c1-20(2)15(21)4-3-5-19-9-11-6-12-7-13(17)8-14(18)16(12)22-10-11/h6-8,19H,3-5,9-10H2,1-2H3. The summed E-state index contributed by atoms with van der Waals surface area (Å²) in [5.41, 5.74) is 2.04. The molecule has 0 fully saturated rings. The van der Waals surface area contributed by atoms with E-state index in [2.05, 4.69) is 11.4 Å². The van der Waals surface area contributed by atoms with Crippen molar-refractivity contribution in [1.82, 2.24) is 10.2 Å². The van der Waals surface area contributed by atoms with Gasteiger partial charge >= 0.3 is 0 Å². The van der Waals surface area contributed by atoms with E-state index in [9.17, 15) is 4.79 Å². The molecule has 0 saturated carbocycles. The molecule has 0 aliphatic carbocycles. The summed E-state index contributed by atoms with van der Waals surface area (Å²) in [6.45, 7) is 2.03. The zero-order valence-corrected chi connectivity index (χ0v) is 14.3. The fraction of sp³-hybridized carbons (Fsp3) is 0.438. The van der Waals surface area contributed by atoms with Gasteiger partial charge in [-0.05, 0) is 36.7 Å². The topological polar surface area (TPSA) is 41.6 Å². The number of fused-ring (bicyclic) bond motifs is 1. The third-order valence-corrected chi connectivity index (χ3v) is 3.89. The number of carbonyl (C=O) groups is 1. The van der Waals surface area contributed by atoms with Gasteiger partial charge in [0.2, 0.25) is 5.91 Å². The summed E-state index contributed by atoms with van der Waals surface area (Å²) < 4.78 is 5.69. The van der Waals surface area contributed by atoms with Gasteiger partial charge in [0.05, 0.1) is 5.02 Å². The molecule has 1 amide bonds. The molecule has 6 heteroatoms. The predicted molar refractivity (Wildman–Crippen MR) is 90.7 cm³/mol. The summed E-state index contributed by atoms with van der Waals surface area (Å²) in [5.74, 6) is 0.839. The Morgan fingerprint density at radius 2 is 2.14 bits per heavy atom. The van der Waals surface area contributed by atoms with Crippen LogP contribution in [0.2, 0.25) is 10.0 Å². The molecule has 1 aromatic rings. The number of hydrogen-bond acceptors (Lipinski definition) is 3. The van der Waals surface area contributed by atoms with Crippen molar-refractivity contribution in [2.75, 3.05) is 33.8 Å². The molecule has 120 valence electrons. The molecular weight excluding hydrogens is 323 g/mol. The Balaban J connectivity index is 1.82. The minimum atomic E-state index is 0.153. The van der Waals surface area contributed by atoms with Crippen LogP contribution in [0.4, 0.5) is 0 Å². The lowest BCUT2D eigenvalue weighted by molar-refractivity contribution is -0.128. The molecule has 0 saturated heterocycles. The molecule has 1 aliphatic heterocycles. The highest BCUT2D eigenvalue weighted by molar-refractivity contribution is 6.36. The Kier molecular flexibility index (Phi) is 6.12. The summed E-state index contributed by atoms with van der Waals surface area (Å²) in [7, 11) is 3.54. The molecule has 0 bridgehead atoms. The molecule has 4 nitrogen and oxygen atoms in total. The molecular formula is C16H20Cl2N2O2. The number of carbonyl (C=O) groups excluding carboxylic acids is 1. The van der Waals surface area contributed by atoms with Crippen molar-refractivity contribution in [1.29, 1.82) is 0 Å². The van der Waals surface area contributed by atoms with Gasteiger partial charge in [0.15, 0.2) is 0 Å². The minimum Gasteiger partial charge on any atom is -0.487 e. The maximum atomic E-state index is 11.5. The van der Waals surface area contributed by atoms with Crippen molar-refractivity contribution in [2.24, 2.45) is 0 Å². The number of hydrogen-bond donors (Lipinski definition) is 1. The average molecular weight is 343 g/mol. The van der Waals surface area contributed by atoms with Crippen molar-refractivity contribution in [2.45, 2.75) is 12.8 Å². The Bertz CT molecular complexity index is 586. The number of amides is 1. The first-order chi connectivity index (χ1) is 10.5. The molecule has 0 atom stereocenters. The van der Waals surface area contributed by atoms with Crippen LogP contribution in [0.5, 0.6) is 5.75 Å². The van der Waals surface area contributed by atoms with Gasteiger partial charge in [-0.25, -0.2) is 0 Å². The van der Waals surface area contributed by atoms with E-state index < -0.39 is 0 Å². The maximum Gasteiger partial charge on any atom is 0.222 e. The normalized spacial score (nSPS) is 13.2. The molecule has 1 N–H and O–H groups in total. The lowest BCUT2D eigenvalue weighted by Gasteiger charge is -2.19. The van der Waals surface area contributed by atoms with Crippen LogP contribution < -0.4 is 10.1 Å². The summed E-state index contributed by atoms with van der Waals surface area (Å²) in [5, 5.41) is 4.46. The van der Waals surface area contributed by atoms with E-state index in [0.29, 0.717) is 28.8 Å². The number of ether oxygens (including phenoxy) is 1. The molecule has 1 heterocycles. The summed E-state index contributed by atoms with van der Waals surface area (Å²) >= 11 is 12.1. The van der Waals surface area contributed by atoms with Crippen molar-refractivity contribution in [3.63, 3.8) is 0 Å². The van der Waals surface area contributed by atoms with Gasteiger partial charge in [0.1, 0.15) is 12.4 Å². The van der Waals surface area contributed by atoms with Crippen molar-refractivity contribution < 1.29 is 9.53 Å². The Hall–Kier alpha value is -1.23. The van der Waals surface area contributed by atoms with Crippen LogP contribution in [0.3, 0.4) is 0 Å². The van der Waals surface area contributed by atoms with E-state index >= 15 is 0 Å². The summed E-state index contributed by atoms with van der Waals surface area (Å²) in [4.78, 5) is 13.1. The van der Waals surface area contributed by atoms with E-state index in [1.807, 2.05) is 6.07 Å². The smallest absolute Gasteiger partial charge is 0.222 e. The van der Waals surface area contributed by atoms with Gasteiger partial charge in [-0.3, -0.25) is 4.79 Å². The van der Waals surface area contributed by atoms with Crippen LogP contribution in [-0.2, 0) is 4.79 Å². The molecule has 0 aromatic heterocycles. The van der Waals surface area contributed by atoms with Gasteiger partial charge in [0, 0.05) is 37.6 Å². The molecule has 1 aliphatic rings. The van der Waals surface area contributed by atoms with E-state index in [1.165, 1.54) is 0 Å². The Morgan fingerprint density at radius 3 is 2.86 bits per heavy atom. The van der Waals surface area contributed by atoms with Crippen LogP contribution in [0.1, 0.15) is 18.4 Å². The lowest BCUT2D eigenvalue weighted by atomic mass is 10.1. The third-order valence-electron chi connectivity index (χ3n) is 3.39. The zero-order valence-electron chi connectivity index (χ0n) is 12.8. The van der Waals surface area contributed by atoms with Crippen molar-refractivity contribution in [3.8, 4) is 5.75 Å². The largest absolute Gasteiger partial charge is 0.487 e. The quantitative estimate of drug-likeness (QED) is 0.807. The van der Waals surface area contributed by atoms with Gasteiger partial charge in [-0.2, -0.15) is 0 Å². The summed E-state index contributed by atoms with van der Waals surface area (Å²) in [6.07, 6.45) is 3.43. The highest BCUT2D eigenvalue weighted by atomic mass is 35.5. The Labute approximate surface area is 141 Å². The second kappa shape index (κ2) is 7.86. The fourth-order valence-electron chi connectivity index (χ4n) is 2.21. The second-order valence-corrected chi connectivity index (χ2v) is 6.31. The minimum absolute atomic E-state index is 0.153. The number of benzene rings is 1. The zero-order chi connectivity index (χ0) is 16.1. The van der Waals surface area contributed by atoms with Crippen LogP contribution in [-0.4, -0.2) is 44.6 Å². The molecule has 0 unspecified atom stereocenters. The first-order valence-electron chi connectivity index (χ1n) is 7.19. The van der Waals surface area contributed by atoms with Gasteiger partial charge in [0.25, 0.3) is 0 Å². The van der Waals surface area contributed by atoms with Crippen molar-refractivity contribution in [3.05, 3.63) is 33.3 Å². The molecule has 2 rings (SSSR count). The molecule has 1 aromatic carbocycles. The second-order valence-electron chi connectivity index (χ2n) is 5.47. The lowest BCUT2D eigenvalue weighted by Crippen LogP contribution is -2.25. The van der Waals surface area contributed by atoms with Gasteiger partial charge in [-0.1, -0.05) is 23.2 Å². The number of nitrogens with one attached hydrogen (secondary N) is 1. The average Bonchev–Trinajstić information content (AvgIpc) is 2.45. The number of rotatable bonds is 6. The first-order valence-corrected chi connectivity index (χ1v) is 7.95. The van der Waals surface area contributed by atoms with Crippen LogP contribution in [0.15, 0.2) is 17.7 Å². The monoisotopic (exact) mass is 342 g/mol. The summed E-state index contributed by atoms with van der Waals surface area (Å²) in [6, 6.07) is 3.53. The van der Waals surface area contributed by atoms with E-state index in [1.54, 1.807) is 25.1 Å². The number of halogens is 2. The Morgan fingerprint density at radius 1 is 1.36 bits per heavy atom. The first kappa shape index (κ1) is 17.1. The molecule has 0 radical (unpaired) electrons. The van der Waals surface area contributed by atoms with Gasteiger partial charge < -0.3 is 15.0 Å². The van der Waals surface area contributed by atoms with Crippen LogP contribution >= 0.6 is 23.2 Å². The fourth-order valence-corrected chi connectivity index (χ4v) is 2.77. The number of nitrogens with zero attached hydrogens (tertiary/aromatic N) is 1. The van der Waals surface area contributed by atoms with E-state index in [-0.39, 0.29) is 5.91 Å². The van der Waals surface area contributed by atoms with Crippen molar-refractivity contribution >= 4 is 35.2 Å².